The lowest BCUT2D eigenvalue weighted by molar-refractivity contribution is -0.142. The zero-order valence-corrected chi connectivity index (χ0v) is 10.7. The topological polar surface area (TPSA) is 49.3 Å². The maximum atomic E-state index is 12.9. The minimum absolute atomic E-state index is 0.192. The van der Waals surface area contributed by atoms with Crippen molar-refractivity contribution >= 4 is 5.97 Å². The zero-order chi connectivity index (χ0) is 14.6. The normalized spacial score (nSPS) is 15.0. The summed E-state index contributed by atoms with van der Waals surface area (Å²) in [6, 6.07) is 3.17. The van der Waals surface area contributed by atoms with Crippen molar-refractivity contribution in [2.24, 2.45) is 0 Å². The fraction of sp³-hybridized carbons (Fsp3) is 0.462. The predicted molar refractivity (Wildman–Crippen MR) is 64.7 cm³/mol. The summed E-state index contributed by atoms with van der Waals surface area (Å²) in [5.41, 5.74) is -1.18. The van der Waals surface area contributed by atoms with Gasteiger partial charge in [-0.05, 0) is 25.0 Å². The molecule has 1 rings (SSSR count). The van der Waals surface area contributed by atoms with Gasteiger partial charge in [-0.3, -0.25) is 10.1 Å². The Bertz CT molecular complexity index is 446. The molecule has 19 heavy (non-hydrogen) atoms. The van der Waals surface area contributed by atoms with Gasteiger partial charge >= 0.3 is 12.1 Å². The molecule has 1 aromatic carbocycles. The van der Waals surface area contributed by atoms with Crippen LogP contribution in [0.5, 0.6) is 0 Å². The van der Waals surface area contributed by atoms with E-state index in [1.54, 1.807) is 6.92 Å². The largest absolute Gasteiger partial charge is 0.480 e. The van der Waals surface area contributed by atoms with Crippen LogP contribution >= 0.6 is 0 Å². The third-order valence-electron chi connectivity index (χ3n) is 2.89. The molecule has 0 bridgehead atoms. The quantitative estimate of drug-likeness (QED) is 0.867. The summed E-state index contributed by atoms with van der Waals surface area (Å²) in [7, 11) is 0. The summed E-state index contributed by atoms with van der Waals surface area (Å²) in [5, 5.41) is 11.8. The number of aliphatic carboxylic acids is 1. The van der Waals surface area contributed by atoms with E-state index in [4.69, 9.17) is 5.11 Å². The van der Waals surface area contributed by atoms with E-state index >= 15 is 0 Å². The van der Waals surface area contributed by atoms with E-state index < -0.39 is 23.8 Å². The highest BCUT2D eigenvalue weighted by atomic mass is 19.4. The van der Waals surface area contributed by atoms with Gasteiger partial charge in [0.25, 0.3) is 0 Å². The summed E-state index contributed by atoms with van der Waals surface area (Å²) < 4.78 is 38.6. The number of carbonyl (C=O) groups is 1. The van der Waals surface area contributed by atoms with Crippen LogP contribution in [0.25, 0.3) is 0 Å². The first-order valence-corrected chi connectivity index (χ1v) is 5.92. The summed E-state index contributed by atoms with van der Waals surface area (Å²) in [6.45, 7) is 3.55. The van der Waals surface area contributed by atoms with E-state index in [1.165, 1.54) is 18.2 Å². The Labute approximate surface area is 109 Å². The van der Waals surface area contributed by atoms with E-state index in [-0.39, 0.29) is 11.6 Å². The molecule has 6 heteroatoms. The van der Waals surface area contributed by atoms with Crippen molar-refractivity contribution in [3.8, 4) is 0 Å². The van der Waals surface area contributed by atoms with Gasteiger partial charge in [-0.1, -0.05) is 25.1 Å². The van der Waals surface area contributed by atoms with E-state index in [1.807, 2.05) is 6.92 Å². The van der Waals surface area contributed by atoms with Crippen molar-refractivity contribution in [1.82, 2.24) is 5.32 Å². The van der Waals surface area contributed by atoms with Crippen molar-refractivity contribution in [2.75, 3.05) is 0 Å². The Kier molecular flexibility index (Phi) is 4.94. The van der Waals surface area contributed by atoms with Crippen LogP contribution in [0.1, 0.15) is 37.4 Å². The predicted octanol–water partition coefficient (Wildman–Crippen LogP) is 3.22. The first kappa shape index (κ1) is 15.5. The van der Waals surface area contributed by atoms with E-state index in [9.17, 15) is 18.0 Å². The summed E-state index contributed by atoms with van der Waals surface area (Å²) in [4.78, 5) is 11.2. The average molecular weight is 275 g/mol. The Morgan fingerprint density at radius 1 is 1.37 bits per heavy atom. The number of nitrogens with one attached hydrogen (secondary N) is 1. The second-order valence-corrected chi connectivity index (χ2v) is 4.33. The average Bonchev–Trinajstić information content (AvgIpc) is 2.34. The van der Waals surface area contributed by atoms with Crippen LogP contribution in [0.2, 0.25) is 0 Å². The fourth-order valence-electron chi connectivity index (χ4n) is 1.70. The highest BCUT2D eigenvalue weighted by Crippen LogP contribution is 2.34. The van der Waals surface area contributed by atoms with Gasteiger partial charge in [0.1, 0.15) is 6.04 Å². The SMILES string of the molecule is CCC(C)NC(C(=O)O)c1ccccc1C(F)(F)F. The molecule has 2 atom stereocenters. The van der Waals surface area contributed by atoms with Crippen LogP contribution < -0.4 is 5.32 Å². The number of carboxylic acids is 1. The van der Waals surface area contributed by atoms with Gasteiger partial charge in [-0.15, -0.1) is 0 Å². The van der Waals surface area contributed by atoms with E-state index in [2.05, 4.69) is 5.32 Å². The lowest BCUT2D eigenvalue weighted by Crippen LogP contribution is -2.36. The van der Waals surface area contributed by atoms with Crippen molar-refractivity contribution in [3.63, 3.8) is 0 Å². The molecular weight excluding hydrogens is 259 g/mol. The molecule has 0 aliphatic heterocycles. The molecule has 0 fully saturated rings. The van der Waals surface area contributed by atoms with Gasteiger partial charge < -0.3 is 5.11 Å². The van der Waals surface area contributed by atoms with Gasteiger partial charge in [0.05, 0.1) is 5.56 Å². The minimum Gasteiger partial charge on any atom is -0.480 e. The van der Waals surface area contributed by atoms with Crippen LogP contribution in [-0.4, -0.2) is 17.1 Å². The van der Waals surface area contributed by atoms with Crippen LogP contribution in [-0.2, 0) is 11.0 Å². The first-order chi connectivity index (χ1) is 8.77. The highest BCUT2D eigenvalue weighted by Gasteiger charge is 2.36. The molecule has 0 saturated heterocycles. The van der Waals surface area contributed by atoms with Crippen molar-refractivity contribution in [1.29, 1.82) is 0 Å². The Morgan fingerprint density at radius 3 is 2.42 bits per heavy atom. The molecule has 0 radical (unpaired) electrons. The number of carboxylic acid groups (broad SMARTS) is 1. The molecule has 0 aliphatic carbocycles. The molecule has 2 unspecified atom stereocenters. The Balaban J connectivity index is 3.20. The number of alkyl halides is 3. The first-order valence-electron chi connectivity index (χ1n) is 5.92. The van der Waals surface area contributed by atoms with E-state index in [0.29, 0.717) is 6.42 Å². The molecule has 0 saturated carbocycles. The molecule has 0 aromatic heterocycles. The van der Waals surface area contributed by atoms with Crippen molar-refractivity contribution < 1.29 is 23.1 Å². The van der Waals surface area contributed by atoms with Crippen LogP contribution in [0.3, 0.4) is 0 Å². The van der Waals surface area contributed by atoms with Gasteiger partial charge in [0.15, 0.2) is 0 Å². The third kappa shape index (κ3) is 3.96. The molecule has 0 spiro atoms. The van der Waals surface area contributed by atoms with Crippen LogP contribution in [0.15, 0.2) is 24.3 Å². The Hall–Kier alpha value is -1.56. The Morgan fingerprint density at radius 2 is 1.95 bits per heavy atom. The molecular formula is C13H16F3NO2. The molecule has 3 nitrogen and oxygen atoms in total. The number of hydrogen-bond donors (Lipinski definition) is 2. The van der Waals surface area contributed by atoms with Crippen LogP contribution in [0, 0.1) is 0 Å². The fourth-order valence-corrected chi connectivity index (χ4v) is 1.70. The summed E-state index contributed by atoms with van der Waals surface area (Å²) in [5.74, 6) is -1.32. The van der Waals surface area contributed by atoms with Gasteiger partial charge in [0.2, 0.25) is 0 Å². The molecule has 0 aliphatic rings. The minimum atomic E-state index is -4.57. The number of benzene rings is 1. The van der Waals surface area contributed by atoms with Gasteiger partial charge in [-0.2, -0.15) is 13.2 Å². The van der Waals surface area contributed by atoms with Crippen LogP contribution in [0.4, 0.5) is 13.2 Å². The third-order valence-corrected chi connectivity index (χ3v) is 2.89. The lowest BCUT2D eigenvalue weighted by atomic mass is 9.99. The summed E-state index contributed by atoms with van der Waals surface area (Å²) >= 11 is 0. The monoisotopic (exact) mass is 275 g/mol. The van der Waals surface area contributed by atoms with E-state index in [0.717, 1.165) is 6.07 Å². The molecule has 0 amide bonds. The maximum Gasteiger partial charge on any atom is 0.416 e. The molecule has 2 N–H and O–H groups in total. The number of rotatable bonds is 5. The molecule has 106 valence electrons. The van der Waals surface area contributed by atoms with Gasteiger partial charge in [-0.25, -0.2) is 0 Å². The standard InChI is InChI=1S/C13H16F3NO2/c1-3-8(2)17-11(12(18)19)9-6-4-5-7-10(9)13(14,15)16/h4-8,11,17H,3H2,1-2H3,(H,18,19). The van der Waals surface area contributed by atoms with Crippen molar-refractivity contribution in [3.05, 3.63) is 35.4 Å². The molecule has 1 aromatic rings. The number of hydrogen-bond acceptors (Lipinski definition) is 2. The molecule has 0 heterocycles. The smallest absolute Gasteiger partial charge is 0.416 e. The highest BCUT2D eigenvalue weighted by molar-refractivity contribution is 5.76. The second kappa shape index (κ2) is 6.06. The number of halogens is 3. The summed E-state index contributed by atoms with van der Waals surface area (Å²) in [6.07, 6.45) is -3.95. The van der Waals surface area contributed by atoms with Gasteiger partial charge in [0, 0.05) is 6.04 Å². The van der Waals surface area contributed by atoms with Crippen molar-refractivity contribution in [2.45, 2.75) is 38.5 Å². The lowest BCUT2D eigenvalue weighted by Gasteiger charge is -2.22. The maximum absolute atomic E-state index is 12.9. The zero-order valence-electron chi connectivity index (χ0n) is 10.7. The second-order valence-electron chi connectivity index (χ2n) is 4.33.